The first-order chi connectivity index (χ1) is 15.4. The Hall–Kier alpha value is -3.39. The molecule has 166 valence electrons. The molecule has 0 radical (unpaired) electrons. The molecular formula is C24H25FN4O2S. The van der Waals surface area contributed by atoms with Crippen LogP contribution in [0.1, 0.15) is 35.3 Å². The summed E-state index contributed by atoms with van der Waals surface area (Å²) in [6.45, 7) is 4.12. The Morgan fingerprint density at radius 3 is 2.38 bits per heavy atom. The lowest BCUT2D eigenvalue weighted by atomic mass is 10.2. The van der Waals surface area contributed by atoms with Crippen LogP contribution in [0.2, 0.25) is 0 Å². The molecule has 1 heterocycles. The molecule has 3 aromatic rings. The first kappa shape index (κ1) is 23.3. The molecule has 0 saturated heterocycles. The fourth-order valence-electron chi connectivity index (χ4n) is 2.82. The molecule has 1 aromatic heterocycles. The van der Waals surface area contributed by atoms with E-state index in [0.717, 1.165) is 11.1 Å². The zero-order chi connectivity index (χ0) is 22.9. The fraction of sp³-hybridized carbons (Fsp3) is 0.208. The van der Waals surface area contributed by atoms with Crippen LogP contribution in [0.3, 0.4) is 0 Å². The number of hydrogen-bond acceptors (Lipinski definition) is 4. The highest BCUT2D eigenvalue weighted by Gasteiger charge is 2.13. The van der Waals surface area contributed by atoms with Crippen molar-refractivity contribution in [2.75, 3.05) is 5.32 Å². The van der Waals surface area contributed by atoms with E-state index in [4.69, 9.17) is 0 Å². The minimum Gasteiger partial charge on any atom is -0.348 e. The molecule has 0 aliphatic heterocycles. The first-order valence-electron chi connectivity index (χ1n) is 10.2. The van der Waals surface area contributed by atoms with Gasteiger partial charge in [0.15, 0.2) is 0 Å². The Kier molecular flexibility index (Phi) is 8.21. The predicted octanol–water partition coefficient (Wildman–Crippen LogP) is 4.97. The van der Waals surface area contributed by atoms with Crippen molar-refractivity contribution in [1.82, 2.24) is 15.6 Å². The average molecular weight is 453 g/mol. The smallest absolute Gasteiger partial charge is 0.319 e. The Morgan fingerprint density at radius 2 is 1.69 bits per heavy atom. The van der Waals surface area contributed by atoms with E-state index in [0.29, 0.717) is 28.6 Å². The second-order valence-corrected chi connectivity index (χ2v) is 8.37. The quantitative estimate of drug-likeness (QED) is 0.421. The molecular weight excluding hydrogens is 427 g/mol. The number of halogens is 1. The third-order valence-electron chi connectivity index (χ3n) is 4.39. The molecule has 0 aliphatic carbocycles. The molecule has 0 unspecified atom stereocenters. The lowest BCUT2D eigenvalue weighted by Gasteiger charge is -2.11. The topological polar surface area (TPSA) is 83.1 Å². The molecule has 0 fully saturated rings. The molecule has 2 aromatic carbocycles. The van der Waals surface area contributed by atoms with Gasteiger partial charge in [-0.1, -0.05) is 24.3 Å². The summed E-state index contributed by atoms with van der Waals surface area (Å²) in [5, 5.41) is 9.04. The van der Waals surface area contributed by atoms with Crippen molar-refractivity contribution in [3.63, 3.8) is 0 Å². The number of nitrogens with one attached hydrogen (secondary N) is 3. The summed E-state index contributed by atoms with van der Waals surface area (Å²) in [4.78, 5) is 28.8. The van der Waals surface area contributed by atoms with Crippen molar-refractivity contribution >= 4 is 29.4 Å². The Labute approximate surface area is 191 Å². The van der Waals surface area contributed by atoms with Crippen LogP contribution in [0.4, 0.5) is 14.9 Å². The lowest BCUT2D eigenvalue weighted by Crippen LogP contribution is -2.34. The number of urea groups is 1. The van der Waals surface area contributed by atoms with Gasteiger partial charge in [-0.3, -0.25) is 4.79 Å². The zero-order valence-corrected chi connectivity index (χ0v) is 18.7. The zero-order valence-electron chi connectivity index (χ0n) is 17.9. The monoisotopic (exact) mass is 452 g/mol. The van der Waals surface area contributed by atoms with E-state index in [2.05, 4.69) is 20.9 Å². The summed E-state index contributed by atoms with van der Waals surface area (Å²) in [5.41, 5.74) is 3.01. The maximum absolute atomic E-state index is 13.1. The van der Waals surface area contributed by atoms with Crippen molar-refractivity contribution < 1.29 is 14.0 Å². The Balaban J connectivity index is 1.55. The van der Waals surface area contributed by atoms with E-state index in [9.17, 15) is 14.0 Å². The largest absolute Gasteiger partial charge is 0.348 e. The van der Waals surface area contributed by atoms with E-state index in [1.54, 1.807) is 42.6 Å². The van der Waals surface area contributed by atoms with E-state index in [1.807, 2.05) is 26.0 Å². The van der Waals surface area contributed by atoms with E-state index < -0.39 is 0 Å². The van der Waals surface area contributed by atoms with Crippen LogP contribution in [0, 0.1) is 5.82 Å². The Morgan fingerprint density at radius 1 is 1.00 bits per heavy atom. The molecule has 0 bridgehead atoms. The summed E-state index contributed by atoms with van der Waals surface area (Å²) in [7, 11) is 0. The van der Waals surface area contributed by atoms with Crippen LogP contribution in [0.15, 0.2) is 71.9 Å². The number of aromatic nitrogens is 1. The highest BCUT2D eigenvalue weighted by Crippen LogP contribution is 2.24. The fourth-order valence-corrected chi connectivity index (χ4v) is 3.77. The number of nitrogens with zero attached hydrogens (tertiary/aromatic N) is 1. The van der Waals surface area contributed by atoms with Gasteiger partial charge in [0.05, 0.1) is 5.56 Å². The molecule has 3 amide bonds. The predicted molar refractivity (Wildman–Crippen MR) is 125 cm³/mol. The minimum atomic E-state index is -0.278. The van der Waals surface area contributed by atoms with Gasteiger partial charge in [-0.2, -0.15) is 0 Å². The number of hydrogen-bond donors (Lipinski definition) is 3. The highest BCUT2D eigenvalue weighted by atomic mass is 32.2. The maximum atomic E-state index is 13.1. The second-order valence-electron chi connectivity index (χ2n) is 7.40. The van der Waals surface area contributed by atoms with Gasteiger partial charge in [0.2, 0.25) is 0 Å². The summed E-state index contributed by atoms with van der Waals surface area (Å²) in [6, 6.07) is 16.8. The van der Waals surface area contributed by atoms with E-state index in [-0.39, 0.29) is 23.8 Å². The third-order valence-corrected chi connectivity index (χ3v) is 5.47. The van der Waals surface area contributed by atoms with Crippen LogP contribution < -0.4 is 16.0 Å². The number of amides is 3. The summed E-state index contributed by atoms with van der Waals surface area (Å²) in [6.07, 6.45) is 1.64. The number of benzene rings is 2. The SMILES string of the molecule is CC(C)NC(=O)Nc1ccc(CNC(=O)c2cccnc2SCc2ccc(F)cc2)cc1. The van der Waals surface area contributed by atoms with Gasteiger partial charge in [0, 0.05) is 30.2 Å². The summed E-state index contributed by atoms with van der Waals surface area (Å²) < 4.78 is 13.1. The van der Waals surface area contributed by atoms with Crippen molar-refractivity contribution in [2.24, 2.45) is 0 Å². The molecule has 0 atom stereocenters. The van der Waals surface area contributed by atoms with Crippen LogP contribution in [0.25, 0.3) is 0 Å². The standard InChI is InChI=1S/C24H25FN4O2S/c1-16(2)28-24(31)29-20-11-7-17(8-12-20)14-27-22(30)21-4-3-13-26-23(21)32-15-18-5-9-19(25)10-6-18/h3-13,16H,14-15H2,1-2H3,(H,27,30)(H2,28,29,31). The molecule has 0 aliphatic rings. The number of carbonyl (C=O) groups is 2. The lowest BCUT2D eigenvalue weighted by molar-refractivity contribution is 0.0947. The second kappa shape index (κ2) is 11.3. The Bertz CT molecular complexity index is 1060. The molecule has 8 heteroatoms. The van der Waals surface area contributed by atoms with Crippen molar-refractivity contribution in [3.05, 3.63) is 89.4 Å². The van der Waals surface area contributed by atoms with Gasteiger partial charge < -0.3 is 16.0 Å². The molecule has 32 heavy (non-hydrogen) atoms. The normalized spacial score (nSPS) is 10.6. The van der Waals surface area contributed by atoms with Crippen molar-refractivity contribution in [2.45, 2.75) is 37.2 Å². The number of pyridine rings is 1. The van der Waals surface area contributed by atoms with E-state index in [1.165, 1.54) is 23.9 Å². The van der Waals surface area contributed by atoms with Crippen molar-refractivity contribution in [1.29, 1.82) is 0 Å². The molecule has 3 N–H and O–H groups in total. The van der Waals surface area contributed by atoms with Gasteiger partial charge in [0.25, 0.3) is 5.91 Å². The minimum absolute atomic E-state index is 0.0516. The van der Waals surface area contributed by atoms with Gasteiger partial charge in [0.1, 0.15) is 10.8 Å². The molecule has 6 nitrogen and oxygen atoms in total. The average Bonchev–Trinajstić information content (AvgIpc) is 2.77. The molecule has 3 rings (SSSR count). The van der Waals surface area contributed by atoms with Crippen LogP contribution >= 0.6 is 11.8 Å². The van der Waals surface area contributed by atoms with Crippen LogP contribution in [-0.4, -0.2) is 23.0 Å². The van der Waals surface area contributed by atoms with Gasteiger partial charge in [-0.15, -0.1) is 11.8 Å². The molecule has 0 saturated carbocycles. The number of rotatable bonds is 8. The number of thioether (sulfide) groups is 1. The first-order valence-corrected chi connectivity index (χ1v) is 11.2. The van der Waals surface area contributed by atoms with Gasteiger partial charge >= 0.3 is 6.03 Å². The highest BCUT2D eigenvalue weighted by molar-refractivity contribution is 7.98. The summed E-state index contributed by atoms with van der Waals surface area (Å²) in [5.74, 6) is 0.0775. The van der Waals surface area contributed by atoms with Crippen LogP contribution in [0.5, 0.6) is 0 Å². The van der Waals surface area contributed by atoms with Gasteiger partial charge in [-0.25, -0.2) is 14.2 Å². The van der Waals surface area contributed by atoms with Gasteiger partial charge in [-0.05, 0) is 61.4 Å². The molecule has 0 spiro atoms. The van der Waals surface area contributed by atoms with Crippen LogP contribution in [-0.2, 0) is 12.3 Å². The van der Waals surface area contributed by atoms with E-state index >= 15 is 0 Å². The maximum Gasteiger partial charge on any atom is 0.319 e. The van der Waals surface area contributed by atoms with Crippen molar-refractivity contribution in [3.8, 4) is 0 Å². The third kappa shape index (κ3) is 7.09. The summed E-state index contributed by atoms with van der Waals surface area (Å²) >= 11 is 1.43. The number of anilines is 1. The number of carbonyl (C=O) groups excluding carboxylic acids is 2.